The van der Waals surface area contributed by atoms with Gasteiger partial charge >= 0.3 is 0 Å². The summed E-state index contributed by atoms with van der Waals surface area (Å²) in [4.78, 5) is 12.2. The fourth-order valence-corrected chi connectivity index (χ4v) is 2.88. The second-order valence-electron chi connectivity index (χ2n) is 4.71. The molecule has 0 aliphatic rings. The van der Waals surface area contributed by atoms with E-state index >= 15 is 0 Å². The van der Waals surface area contributed by atoms with E-state index in [1.54, 1.807) is 0 Å². The van der Waals surface area contributed by atoms with E-state index < -0.39 is 5.91 Å². The fourth-order valence-electron chi connectivity index (χ4n) is 1.83. The maximum atomic E-state index is 12.2. The normalized spacial score (nSPS) is 10.8. The minimum absolute atomic E-state index is 0.00120. The van der Waals surface area contributed by atoms with Gasteiger partial charge in [-0.1, -0.05) is 12.1 Å². The lowest BCUT2D eigenvalue weighted by Crippen LogP contribution is -2.15. The Kier molecular flexibility index (Phi) is 6.19. The largest absolute Gasteiger partial charge is 0.359 e. The molecule has 2 aromatic rings. The number of hydrogen-bond donors (Lipinski definition) is 2. The maximum Gasteiger partial charge on any atom is 0.267 e. The number of nitrogens with zero attached hydrogens (tertiary/aromatic N) is 1. The standard InChI is InChI=1S/C17H13BrIN3O/c1-11-8-13(19)6-7-15(11)22-17(23)12(9-20)10-21-16-5-3-2-4-14(16)18/h2-8,10,21H,1H3,(H,22,23)/b12-10-. The first-order chi connectivity index (χ1) is 11.0. The molecule has 0 bridgehead atoms. The van der Waals surface area contributed by atoms with E-state index in [-0.39, 0.29) is 5.57 Å². The molecule has 2 rings (SSSR count). The lowest BCUT2D eigenvalue weighted by Gasteiger charge is -2.09. The van der Waals surface area contributed by atoms with E-state index in [0.29, 0.717) is 5.69 Å². The highest BCUT2D eigenvalue weighted by Gasteiger charge is 2.11. The summed E-state index contributed by atoms with van der Waals surface area (Å²) in [5.41, 5.74) is 2.41. The van der Waals surface area contributed by atoms with Gasteiger partial charge in [0.2, 0.25) is 0 Å². The molecule has 0 fully saturated rings. The first-order valence-corrected chi connectivity index (χ1v) is 8.57. The summed E-state index contributed by atoms with van der Waals surface area (Å²) in [5, 5.41) is 14.9. The van der Waals surface area contributed by atoms with E-state index in [1.165, 1.54) is 6.20 Å². The Morgan fingerprint density at radius 1 is 1.26 bits per heavy atom. The summed E-state index contributed by atoms with van der Waals surface area (Å²) in [6, 6.07) is 15.1. The van der Waals surface area contributed by atoms with E-state index in [0.717, 1.165) is 19.3 Å². The van der Waals surface area contributed by atoms with Gasteiger partial charge < -0.3 is 10.6 Å². The number of rotatable bonds is 4. The number of hydrogen-bond acceptors (Lipinski definition) is 3. The van der Waals surface area contributed by atoms with Crippen molar-refractivity contribution >= 4 is 55.8 Å². The third-order valence-corrected chi connectivity index (χ3v) is 4.41. The molecule has 4 nitrogen and oxygen atoms in total. The van der Waals surface area contributed by atoms with Crippen LogP contribution >= 0.6 is 38.5 Å². The second-order valence-corrected chi connectivity index (χ2v) is 6.81. The lowest BCUT2D eigenvalue weighted by molar-refractivity contribution is -0.112. The molecule has 23 heavy (non-hydrogen) atoms. The molecule has 0 saturated carbocycles. The highest BCUT2D eigenvalue weighted by molar-refractivity contribution is 14.1. The number of nitrogens with one attached hydrogen (secondary N) is 2. The molecule has 0 radical (unpaired) electrons. The quantitative estimate of drug-likeness (QED) is 0.374. The molecule has 0 aromatic heterocycles. The molecule has 0 spiro atoms. The zero-order chi connectivity index (χ0) is 16.8. The van der Waals surface area contributed by atoms with Crippen molar-refractivity contribution in [2.24, 2.45) is 0 Å². The number of benzene rings is 2. The third kappa shape index (κ3) is 4.81. The van der Waals surface area contributed by atoms with Crippen molar-refractivity contribution in [1.82, 2.24) is 0 Å². The Morgan fingerprint density at radius 2 is 2.00 bits per heavy atom. The van der Waals surface area contributed by atoms with Crippen molar-refractivity contribution in [2.45, 2.75) is 6.92 Å². The number of carbonyl (C=O) groups is 1. The first-order valence-electron chi connectivity index (χ1n) is 6.70. The van der Waals surface area contributed by atoms with Crippen LogP contribution in [0.5, 0.6) is 0 Å². The smallest absolute Gasteiger partial charge is 0.267 e. The molecule has 0 saturated heterocycles. The van der Waals surface area contributed by atoms with Crippen LogP contribution in [0, 0.1) is 21.8 Å². The summed E-state index contributed by atoms with van der Waals surface area (Å²) < 4.78 is 1.94. The van der Waals surface area contributed by atoms with Crippen molar-refractivity contribution in [3.8, 4) is 6.07 Å². The van der Waals surface area contributed by atoms with Crippen molar-refractivity contribution in [3.05, 3.63) is 67.8 Å². The fraction of sp³-hybridized carbons (Fsp3) is 0.0588. The van der Waals surface area contributed by atoms with Crippen molar-refractivity contribution in [1.29, 1.82) is 5.26 Å². The van der Waals surface area contributed by atoms with Gasteiger partial charge in [0.05, 0.1) is 5.69 Å². The predicted molar refractivity (Wildman–Crippen MR) is 104 cm³/mol. The van der Waals surface area contributed by atoms with Gasteiger partial charge in [-0.05, 0) is 81.3 Å². The molecule has 1 amide bonds. The van der Waals surface area contributed by atoms with Gasteiger partial charge in [-0.25, -0.2) is 0 Å². The van der Waals surface area contributed by atoms with E-state index in [1.807, 2.05) is 55.5 Å². The molecular weight excluding hydrogens is 469 g/mol. The molecule has 0 aliphatic carbocycles. The van der Waals surface area contributed by atoms with Gasteiger partial charge in [-0.2, -0.15) is 5.26 Å². The van der Waals surface area contributed by atoms with Gasteiger partial charge in [-0.3, -0.25) is 4.79 Å². The van der Waals surface area contributed by atoms with Crippen LogP contribution in [0.25, 0.3) is 0 Å². The van der Waals surface area contributed by atoms with Crippen molar-refractivity contribution < 1.29 is 4.79 Å². The zero-order valence-corrected chi connectivity index (χ0v) is 16.0. The van der Waals surface area contributed by atoms with Crippen LogP contribution in [0.3, 0.4) is 0 Å². The number of amides is 1. The summed E-state index contributed by atoms with van der Waals surface area (Å²) >= 11 is 5.61. The van der Waals surface area contributed by atoms with Crippen LogP contribution in [0.2, 0.25) is 0 Å². The number of anilines is 2. The van der Waals surface area contributed by atoms with Crippen molar-refractivity contribution in [2.75, 3.05) is 10.6 Å². The van der Waals surface area contributed by atoms with Gasteiger partial charge in [0.1, 0.15) is 11.6 Å². The maximum absolute atomic E-state index is 12.2. The first kappa shape index (κ1) is 17.5. The van der Waals surface area contributed by atoms with E-state index in [4.69, 9.17) is 0 Å². The van der Waals surface area contributed by atoms with Crippen molar-refractivity contribution in [3.63, 3.8) is 0 Å². The minimum atomic E-state index is -0.448. The molecule has 0 unspecified atom stereocenters. The molecule has 2 aromatic carbocycles. The summed E-state index contributed by atoms with van der Waals surface area (Å²) in [7, 11) is 0. The lowest BCUT2D eigenvalue weighted by atomic mass is 10.2. The number of halogens is 2. The highest BCUT2D eigenvalue weighted by Crippen LogP contribution is 2.22. The van der Waals surface area contributed by atoms with E-state index in [2.05, 4.69) is 49.2 Å². The minimum Gasteiger partial charge on any atom is -0.359 e. The molecule has 0 heterocycles. The van der Waals surface area contributed by atoms with Gasteiger partial charge in [-0.15, -0.1) is 0 Å². The van der Waals surface area contributed by atoms with Crippen LogP contribution in [0.15, 0.2) is 58.7 Å². The Morgan fingerprint density at radius 3 is 2.65 bits per heavy atom. The number of para-hydroxylation sites is 1. The molecule has 2 N–H and O–H groups in total. The monoisotopic (exact) mass is 481 g/mol. The van der Waals surface area contributed by atoms with Gasteiger partial charge in [0, 0.05) is 19.9 Å². The zero-order valence-electron chi connectivity index (χ0n) is 12.2. The molecule has 6 heteroatoms. The number of carbonyl (C=O) groups excluding carboxylic acids is 1. The van der Waals surface area contributed by atoms with Crippen LogP contribution in [0.4, 0.5) is 11.4 Å². The Hall–Kier alpha value is -1.85. The van der Waals surface area contributed by atoms with E-state index in [9.17, 15) is 10.1 Å². The average Bonchev–Trinajstić information content (AvgIpc) is 2.52. The second kappa shape index (κ2) is 8.13. The molecule has 0 atom stereocenters. The summed E-state index contributed by atoms with van der Waals surface area (Å²) in [5.74, 6) is -0.448. The SMILES string of the molecule is Cc1cc(I)ccc1NC(=O)/C(C#N)=C\Nc1ccccc1Br. The van der Waals surface area contributed by atoms with Crippen LogP contribution in [-0.4, -0.2) is 5.91 Å². The van der Waals surface area contributed by atoms with Gasteiger partial charge in [0.25, 0.3) is 5.91 Å². The van der Waals surface area contributed by atoms with Gasteiger partial charge in [0.15, 0.2) is 0 Å². The number of nitriles is 1. The van der Waals surface area contributed by atoms with Crippen LogP contribution in [-0.2, 0) is 4.79 Å². The summed E-state index contributed by atoms with van der Waals surface area (Å²) in [6.45, 7) is 1.91. The highest BCUT2D eigenvalue weighted by atomic mass is 127. The Bertz CT molecular complexity index is 812. The molecule has 116 valence electrons. The Labute approximate surface area is 156 Å². The predicted octanol–water partition coefficient (Wildman–Crippen LogP) is 4.82. The molecule has 0 aliphatic heterocycles. The number of aryl methyl sites for hydroxylation is 1. The van der Waals surface area contributed by atoms with Crippen LogP contribution < -0.4 is 10.6 Å². The van der Waals surface area contributed by atoms with Crippen LogP contribution in [0.1, 0.15) is 5.56 Å². The molecular formula is C17H13BrIN3O. The average molecular weight is 482 g/mol. The third-order valence-electron chi connectivity index (χ3n) is 3.05. The summed E-state index contributed by atoms with van der Waals surface area (Å²) in [6.07, 6.45) is 1.40. The topological polar surface area (TPSA) is 64.9 Å². The Balaban J connectivity index is 2.14.